The highest BCUT2D eigenvalue weighted by Gasteiger charge is 2.47. The summed E-state index contributed by atoms with van der Waals surface area (Å²) in [6.45, 7) is 4.72. The minimum Gasteiger partial charge on any atom is -0.390 e. The van der Waals surface area contributed by atoms with Crippen molar-refractivity contribution >= 4 is 16.7 Å². The Morgan fingerprint density at radius 3 is 2.82 bits per heavy atom. The fourth-order valence-corrected chi connectivity index (χ4v) is 7.82. The molecule has 0 aromatic carbocycles. The summed E-state index contributed by atoms with van der Waals surface area (Å²) in [5.74, 6) is 4.27. The Balaban J connectivity index is 1.25. The molecule has 3 fully saturated rings. The average Bonchev–Trinajstić information content (AvgIpc) is 3.44. The summed E-state index contributed by atoms with van der Waals surface area (Å²) in [6.07, 6.45) is 18.4. The van der Waals surface area contributed by atoms with E-state index in [-0.39, 0.29) is 5.92 Å². The number of unbranched alkanes of at least 4 members (excludes halogenated alkanes) is 1. The predicted molar refractivity (Wildman–Crippen MR) is 131 cm³/mol. The topological polar surface area (TPSA) is 68.0 Å². The first-order valence-electron chi connectivity index (χ1n) is 13.5. The van der Waals surface area contributed by atoms with Gasteiger partial charge < -0.3 is 5.11 Å². The van der Waals surface area contributed by atoms with Gasteiger partial charge in [0, 0.05) is 17.5 Å². The van der Waals surface area contributed by atoms with E-state index in [1.54, 1.807) is 6.20 Å². The fraction of sp³-hybridized carbons (Fsp3) is 0.750. The highest BCUT2D eigenvalue weighted by molar-refractivity contribution is 5.84. The molecule has 0 unspecified atom stereocenters. The lowest BCUT2D eigenvalue weighted by molar-refractivity contribution is -0.123. The number of Topliss-reactive ketones (excluding diaryl/α,β-unsaturated/α-hetero) is 1. The van der Waals surface area contributed by atoms with Crippen LogP contribution in [0.3, 0.4) is 0 Å². The molecular formula is C28H41N3O2. The summed E-state index contributed by atoms with van der Waals surface area (Å²) in [6, 6.07) is 1.95. The third-order valence-corrected chi connectivity index (χ3v) is 9.47. The van der Waals surface area contributed by atoms with Gasteiger partial charge in [0.1, 0.15) is 6.54 Å². The molecule has 5 heteroatoms. The third-order valence-electron chi connectivity index (χ3n) is 9.47. The molecule has 3 aliphatic rings. The summed E-state index contributed by atoms with van der Waals surface area (Å²) in [5, 5.41) is 16.2. The normalized spacial score (nSPS) is 36.7. The number of hydrogen-bond acceptors (Lipinski definition) is 4. The monoisotopic (exact) mass is 451 g/mol. The van der Waals surface area contributed by atoms with Gasteiger partial charge >= 0.3 is 0 Å². The Kier molecular flexibility index (Phi) is 6.61. The van der Waals surface area contributed by atoms with Gasteiger partial charge in [-0.1, -0.05) is 19.8 Å². The maximum Gasteiger partial charge on any atom is 0.157 e. The first kappa shape index (κ1) is 23.0. The van der Waals surface area contributed by atoms with E-state index in [2.05, 4.69) is 17.0 Å². The maximum absolute atomic E-state index is 13.2. The molecular weight excluding hydrogens is 410 g/mol. The first-order valence-corrected chi connectivity index (χ1v) is 13.5. The largest absolute Gasteiger partial charge is 0.390 e. The molecule has 2 aromatic heterocycles. The molecule has 0 amide bonds. The van der Waals surface area contributed by atoms with Crippen LogP contribution < -0.4 is 0 Å². The highest BCUT2D eigenvalue weighted by Crippen LogP contribution is 2.54. The van der Waals surface area contributed by atoms with E-state index >= 15 is 0 Å². The van der Waals surface area contributed by atoms with Gasteiger partial charge in [0.2, 0.25) is 0 Å². The van der Waals surface area contributed by atoms with Gasteiger partial charge in [-0.3, -0.25) is 14.5 Å². The first-order chi connectivity index (χ1) is 15.9. The SMILES string of the molecule is CCCC[C@H]1[C@H]([C@@H]2CC[C@H](C(=O)Cn3ncc4ccncc43)C2)CC[C@@H]2C[C@](C)(O)CC[C@@H]21. The smallest absolute Gasteiger partial charge is 0.157 e. The second-order valence-electron chi connectivity index (χ2n) is 11.7. The summed E-state index contributed by atoms with van der Waals surface area (Å²) in [4.78, 5) is 17.4. The number of carbonyl (C=O) groups excluding carboxylic acids is 1. The molecule has 2 heterocycles. The lowest BCUT2D eigenvalue weighted by Gasteiger charge is -2.51. The van der Waals surface area contributed by atoms with Gasteiger partial charge in [0.15, 0.2) is 5.78 Å². The van der Waals surface area contributed by atoms with Gasteiger partial charge in [-0.2, -0.15) is 5.10 Å². The number of ketones is 1. The Morgan fingerprint density at radius 1 is 1.15 bits per heavy atom. The summed E-state index contributed by atoms with van der Waals surface area (Å²) < 4.78 is 1.83. The summed E-state index contributed by atoms with van der Waals surface area (Å²) in [5.41, 5.74) is 0.493. The van der Waals surface area contributed by atoms with E-state index in [9.17, 15) is 9.90 Å². The van der Waals surface area contributed by atoms with Gasteiger partial charge in [0.05, 0.1) is 23.5 Å². The van der Waals surface area contributed by atoms with Crippen LogP contribution in [0.25, 0.3) is 10.9 Å². The molecule has 7 atom stereocenters. The number of pyridine rings is 1. The molecule has 0 radical (unpaired) electrons. The number of nitrogens with zero attached hydrogens (tertiary/aromatic N) is 3. The minimum atomic E-state index is -0.458. The number of hydrogen-bond donors (Lipinski definition) is 1. The Morgan fingerprint density at radius 2 is 1.97 bits per heavy atom. The lowest BCUT2D eigenvalue weighted by Crippen LogP contribution is -2.45. The van der Waals surface area contributed by atoms with Gasteiger partial charge in [-0.25, -0.2) is 0 Å². The van der Waals surface area contributed by atoms with E-state index in [1.165, 1.54) is 44.9 Å². The van der Waals surface area contributed by atoms with E-state index in [0.717, 1.165) is 54.3 Å². The number of rotatable bonds is 7. The molecule has 1 N–H and O–H groups in total. The fourth-order valence-electron chi connectivity index (χ4n) is 7.82. The molecule has 33 heavy (non-hydrogen) atoms. The van der Waals surface area contributed by atoms with Crippen molar-refractivity contribution < 1.29 is 9.90 Å². The number of aliphatic hydroxyl groups is 1. The Bertz CT molecular complexity index is 967. The molecule has 0 saturated heterocycles. The van der Waals surface area contributed by atoms with Crippen LogP contribution in [0.1, 0.15) is 84.5 Å². The Hall–Kier alpha value is -1.75. The van der Waals surface area contributed by atoms with Crippen LogP contribution in [0, 0.1) is 35.5 Å². The van der Waals surface area contributed by atoms with Crippen molar-refractivity contribution in [2.75, 3.05) is 0 Å². The molecule has 5 rings (SSSR count). The number of aromatic nitrogens is 3. The van der Waals surface area contributed by atoms with Crippen LogP contribution in [0.4, 0.5) is 0 Å². The molecule has 180 valence electrons. The highest BCUT2D eigenvalue weighted by atomic mass is 16.3. The van der Waals surface area contributed by atoms with E-state index in [1.807, 2.05) is 30.1 Å². The summed E-state index contributed by atoms with van der Waals surface area (Å²) in [7, 11) is 0. The quantitative estimate of drug-likeness (QED) is 0.578. The van der Waals surface area contributed by atoms with Gasteiger partial charge in [-0.05, 0) is 100 Å². The van der Waals surface area contributed by atoms with Crippen molar-refractivity contribution in [3.05, 3.63) is 24.7 Å². The zero-order valence-corrected chi connectivity index (χ0v) is 20.5. The predicted octanol–water partition coefficient (Wildman–Crippen LogP) is 5.80. The second kappa shape index (κ2) is 9.48. The van der Waals surface area contributed by atoms with Crippen molar-refractivity contribution in [3.63, 3.8) is 0 Å². The molecule has 5 nitrogen and oxygen atoms in total. The van der Waals surface area contributed by atoms with Crippen LogP contribution >= 0.6 is 0 Å². The van der Waals surface area contributed by atoms with Crippen molar-refractivity contribution in [1.29, 1.82) is 0 Å². The molecule has 3 saturated carbocycles. The van der Waals surface area contributed by atoms with Crippen molar-refractivity contribution in [2.45, 2.75) is 96.6 Å². The third kappa shape index (κ3) is 4.76. The number of fused-ring (bicyclic) bond motifs is 2. The van der Waals surface area contributed by atoms with Crippen molar-refractivity contribution in [2.24, 2.45) is 35.5 Å². The van der Waals surface area contributed by atoms with Crippen LogP contribution in [0.5, 0.6) is 0 Å². The molecule has 3 aliphatic carbocycles. The van der Waals surface area contributed by atoms with E-state index in [0.29, 0.717) is 24.2 Å². The van der Waals surface area contributed by atoms with E-state index in [4.69, 9.17) is 0 Å². The van der Waals surface area contributed by atoms with Crippen LogP contribution in [0.15, 0.2) is 24.7 Å². The standard InChI is InChI=1S/C28H41N3O2/c1-3-4-5-25-23(9-8-21-15-28(2,33)12-10-24(21)25)19-6-7-20(14-19)27(32)18-31-26-17-29-13-11-22(26)16-30-31/h11,13,16-17,19-21,23-25,33H,3-10,12,14-15,18H2,1-2H3/t19-,20+,21-,23+,24+,25+,28-/m1/s1. The average molecular weight is 452 g/mol. The maximum atomic E-state index is 13.2. The molecule has 0 bridgehead atoms. The lowest BCUT2D eigenvalue weighted by atomic mass is 9.56. The van der Waals surface area contributed by atoms with Crippen LogP contribution in [-0.2, 0) is 11.3 Å². The second-order valence-corrected chi connectivity index (χ2v) is 11.7. The van der Waals surface area contributed by atoms with Crippen LogP contribution in [0.2, 0.25) is 0 Å². The molecule has 0 spiro atoms. The van der Waals surface area contributed by atoms with Gasteiger partial charge in [-0.15, -0.1) is 0 Å². The van der Waals surface area contributed by atoms with Crippen molar-refractivity contribution in [1.82, 2.24) is 14.8 Å². The minimum absolute atomic E-state index is 0.183. The zero-order valence-electron chi connectivity index (χ0n) is 20.5. The van der Waals surface area contributed by atoms with Crippen molar-refractivity contribution in [3.8, 4) is 0 Å². The number of carbonyl (C=O) groups is 1. The zero-order chi connectivity index (χ0) is 23.0. The van der Waals surface area contributed by atoms with E-state index < -0.39 is 5.60 Å². The molecule has 0 aliphatic heterocycles. The van der Waals surface area contributed by atoms with Crippen LogP contribution in [-0.4, -0.2) is 31.3 Å². The Labute approximate surface area is 198 Å². The van der Waals surface area contributed by atoms with Gasteiger partial charge in [0.25, 0.3) is 0 Å². The molecule has 2 aromatic rings. The summed E-state index contributed by atoms with van der Waals surface area (Å²) >= 11 is 0.